The fourth-order valence-electron chi connectivity index (χ4n) is 3.47. The molecule has 1 saturated heterocycles. The van der Waals surface area contributed by atoms with E-state index >= 15 is 0 Å². The zero-order valence-electron chi connectivity index (χ0n) is 16.1. The van der Waals surface area contributed by atoms with Gasteiger partial charge in [-0.1, -0.05) is 18.6 Å². The number of sulfone groups is 1. The molecule has 0 radical (unpaired) electrons. The number of piperidine rings is 1. The third-order valence-electron chi connectivity index (χ3n) is 5.15. The van der Waals surface area contributed by atoms with E-state index in [0.29, 0.717) is 11.7 Å². The summed E-state index contributed by atoms with van der Waals surface area (Å²) in [5.74, 6) is 0. The van der Waals surface area contributed by atoms with Crippen LogP contribution in [-0.2, 0) is 16.4 Å². The molecule has 2 aromatic carbocycles. The van der Waals surface area contributed by atoms with Crippen molar-refractivity contribution in [1.29, 1.82) is 0 Å². The highest BCUT2D eigenvalue weighted by Crippen LogP contribution is 2.30. The van der Waals surface area contributed by atoms with E-state index in [4.69, 9.17) is 0 Å². The van der Waals surface area contributed by atoms with E-state index in [1.165, 1.54) is 37.0 Å². The molecule has 0 amide bonds. The van der Waals surface area contributed by atoms with Crippen LogP contribution in [0.2, 0.25) is 0 Å². The van der Waals surface area contributed by atoms with Crippen LogP contribution in [0, 0.1) is 10.1 Å². The molecule has 0 aliphatic carbocycles. The Kier molecular flexibility index (Phi) is 6.00. The van der Waals surface area contributed by atoms with Crippen molar-refractivity contribution < 1.29 is 13.3 Å². The minimum absolute atomic E-state index is 0.0734. The molecule has 0 saturated carbocycles. The monoisotopic (exact) mass is 403 g/mol. The summed E-state index contributed by atoms with van der Waals surface area (Å²) in [7, 11) is -3.51. The SMILES string of the molecule is C[C@@H]1CCCCN1Cc1ccc(Nc2ccc(S(C)(=O)=O)cc2[N+](=O)[O-])cc1. The molecule has 1 fully saturated rings. The standard InChI is InChI=1S/C20H25N3O4S/c1-15-5-3-4-12-22(15)14-16-6-8-17(9-7-16)21-19-11-10-18(28(2,26)27)13-20(19)23(24)25/h6-11,13,15,21H,3-5,12,14H2,1-2H3/t15-/m1/s1. The van der Waals surface area contributed by atoms with E-state index in [1.807, 2.05) is 24.3 Å². The first-order chi connectivity index (χ1) is 13.2. The van der Waals surface area contributed by atoms with Crippen molar-refractivity contribution in [2.75, 3.05) is 18.1 Å². The van der Waals surface area contributed by atoms with Gasteiger partial charge in [0.25, 0.3) is 5.69 Å². The largest absolute Gasteiger partial charge is 0.350 e. The quantitative estimate of drug-likeness (QED) is 0.576. The van der Waals surface area contributed by atoms with Crippen molar-refractivity contribution in [3.63, 3.8) is 0 Å². The van der Waals surface area contributed by atoms with Crippen LogP contribution in [0.15, 0.2) is 47.4 Å². The smallest absolute Gasteiger partial charge is 0.293 e. The fourth-order valence-corrected chi connectivity index (χ4v) is 4.12. The number of nitrogens with zero attached hydrogens (tertiary/aromatic N) is 2. The van der Waals surface area contributed by atoms with Crippen LogP contribution in [0.3, 0.4) is 0 Å². The van der Waals surface area contributed by atoms with E-state index in [0.717, 1.165) is 25.4 Å². The first-order valence-electron chi connectivity index (χ1n) is 9.32. The Morgan fingerprint density at radius 3 is 2.50 bits per heavy atom. The molecular formula is C20H25N3O4S. The van der Waals surface area contributed by atoms with Crippen LogP contribution in [0.4, 0.5) is 17.1 Å². The van der Waals surface area contributed by atoms with Crippen molar-refractivity contribution >= 4 is 26.9 Å². The Morgan fingerprint density at radius 1 is 1.18 bits per heavy atom. The van der Waals surface area contributed by atoms with E-state index < -0.39 is 14.8 Å². The van der Waals surface area contributed by atoms with Crippen molar-refractivity contribution in [2.24, 2.45) is 0 Å². The van der Waals surface area contributed by atoms with E-state index in [9.17, 15) is 18.5 Å². The molecule has 0 aromatic heterocycles. The molecular weight excluding hydrogens is 378 g/mol. The highest BCUT2D eigenvalue weighted by atomic mass is 32.2. The van der Waals surface area contributed by atoms with Gasteiger partial charge in [-0.15, -0.1) is 0 Å². The topological polar surface area (TPSA) is 92.6 Å². The van der Waals surface area contributed by atoms with Gasteiger partial charge in [-0.25, -0.2) is 8.42 Å². The molecule has 1 aliphatic rings. The summed E-state index contributed by atoms with van der Waals surface area (Å²) in [5, 5.41) is 14.4. The summed E-state index contributed by atoms with van der Waals surface area (Å²) in [5.41, 5.74) is 1.90. The van der Waals surface area contributed by atoms with Gasteiger partial charge in [0.1, 0.15) is 5.69 Å². The molecule has 2 aromatic rings. The molecule has 0 spiro atoms. The fraction of sp³-hybridized carbons (Fsp3) is 0.400. The van der Waals surface area contributed by atoms with Crippen molar-refractivity contribution in [1.82, 2.24) is 4.90 Å². The summed E-state index contributed by atoms with van der Waals surface area (Å²) < 4.78 is 23.3. The molecule has 1 N–H and O–H groups in total. The van der Waals surface area contributed by atoms with Gasteiger partial charge >= 0.3 is 0 Å². The van der Waals surface area contributed by atoms with Gasteiger partial charge in [0.15, 0.2) is 9.84 Å². The Bertz CT molecular complexity index is 958. The van der Waals surface area contributed by atoms with Gasteiger partial charge in [-0.3, -0.25) is 15.0 Å². The van der Waals surface area contributed by atoms with Crippen molar-refractivity contribution in [3.05, 3.63) is 58.1 Å². The van der Waals surface area contributed by atoms with Crippen LogP contribution < -0.4 is 5.32 Å². The number of benzene rings is 2. The maximum Gasteiger partial charge on any atom is 0.293 e. The first kappa shape index (κ1) is 20.3. The van der Waals surface area contributed by atoms with Gasteiger partial charge in [0, 0.05) is 30.6 Å². The van der Waals surface area contributed by atoms with E-state index in [-0.39, 0.29) is 16.3 Å². The maximum absolute atomic E-state index is 11.7. The van der Waals surface area contributed by atoms with Crippen LogP contribution in [-0.4, -0.2) is 37.1 Å². The third-order valence-corrected chi connectivity index (χ3v) is 6.26. The minimum atomic E-state index is -3.51. The molecule has 1 atom stereocenters. The van der Waals surface area contributed by atoms with Gasteiger partial charge < -0.3 is 5.32 Å². The predicted octanol–water partition coefficient (Wildman–Crippen LogP) is 4.12. The molecule has 3 rings (SSSR count). The summed E-state index contributed by atoms with van der Waals surface area (Å²) in [4.78, 5) is 13.2. The van der Waals surface area contributed by atoms with Gasteiger partial charge in [-0.2, -0.15) is 0 Å². The van der Waals surface area contributed by atoms with Crippen molar-refractivity contribution in [2.45, 2.75) is 43.7 Å². The second-order valence-corrected chi connectivity index (χ2v) is 9.36. The van der Waals surface area contributed by atoms with Gasteiger partial charge in [0.05, 0.1) is 9.82 Å². The molecule has 1 heterocycles. The summed E-state index contributed by atoms with van der Waals surface area (Å²) in [6.45, 7) is 4.26. The lowest BCUT2D eigenvalue weighted by Gasteiger charge is -2.33. The summed E-state index contributed by atoms with van der Waals surface area (Å²) in [6.07, 6.45) is 4.78. The molecule has 150 valence electrons. The zero-order valence-corrected chi connectivity index (χ0v) is 16.9. The number of hydrogen-bond acceptors (Lipinski definition) is 6. The number of nitro groups is 1. The molecule has 0 bridgehead atoms. The minimum Gasteiger partial charge on any atom is -0.350 e. The average molecular weight is 404 g/mol. The van der Waals surface area contributed by atoms with Gasteiger partial charge in [-0.05, 0) is 56.1 Å². The summed E-state index contributed by atoms with van der Waals surface area (Å²) in [6, 6.07) is 12.3. The Balaban J connectivity index is 1.76. The number of likely N-dealkylation sites (tertiary alicyclic amines) is 1. The lowest BCUT2D eigenvalue weighted by molar-refractivity contribution is -0.384. The third kappa shape index (κ3) is 4.88. The van der Waals surface area contributed by atoms with Crippen LogP contribution in [0.25, 0.3) is 0 Å². The van der Waals surface area contributed by atoms with Crippen LogP contribution >= 0.6 is 0 Å². The second kappa shape index (κ2) is 8.28. The van der Waals surface area contributed by atoms with E-state index in [1.54, 1.807) is 0 Å². The van der Waals surface area contributed by atoms with Crippen LogP contribution in [0.5, 0.6) is 0 Å². The number of anilines is 2. The Morgan fingerprint density at radius 2 is 1.89 bits per heavy atom. The second-order valence-electron chi connectivity index (χ2n) is 7.35. The van der Waals surface area contributed by atoms with Crippen LogP contribution in [0.1, 0.15) is 31.7 Å². The number of rotatable bonds is 6. The first-order valence-corrected chi connectivity index (χ1v) is 11.2. The Labute approximate surface area is 165 Å². The Hall–Kier alpha value is -2.45. The highest BCUT2D eigenvalue weighted by molar-refractivity contribution is 7.90. The maximum atomic E-state index is 11.7. The predicted molar refractivity (Wildman–Crippen MR) is 110 cm³/mol. The number of nitrogens with one attached hydrogen (secondary N) is 1. The van der Waals surface area contributed by atoms with Gasteiger partial charge in [0.2, 0.25) is 0 Å². The molecule has 0 unspecified atom stereocenters. The van der Waals surface area contributed by atoms with E-state index in [2.05, 4.69) is 17.1 Å². The number of nitro benzene ring substituents is 1. The lowest BCUT2D eigenvalue weighted by atomic mass is 10.0. The normalized spacial score (nSPS) is 18.0. The highest BCUT2D eigenvalue weighted by Gasteiger charge is 2.20. The lowest BCUT2D eigenvalue weighted by Crippen LogP contribution is -2.36. The zero-order chi connectivity index (χ0) is 20.3. The molecule has 8 heteroatoms. The molecule has 7 nitrogen and oxygen atoms in total. The average Bonchev–Trinajstić information content (AvgIpc) is 2.64. The number of hydrogen-bond donors (Lipinski definition) is 1. The molecule has 28 heavy (non-hydrogen) atoms. The van der Waals surface area contributed by atoms with Crippen molar-refractivity contribution in [3.8, 4) is 0 Å². The molecule has 1 aliphatic heterocycles. The summed E-state index contributed by atoms with van der Waals surface area (Å²) >= 11 is 0.